The molecule has 2 aromatic rings. The Kier molecular flexibility index (Phi) is 3.47. The second-order valence-electron chi connectivity index (χ2n) is 5.72. The van der Waals surface area contributed by atoms with Gasteiger partial charge in [-0.2, -0.15) is 0 Å². The summed E-state index contributed by atoms with van der Waals surface area (Å²) < 4.78 is 0. The summed E-state index contributed by atoms with van der Waals surface area (Å²) in [4.78, 5) is 15.4. The first kappa shape index (κ1) is 13.8. The number of pyridine rings is 1. The number of benzene rings is 1. The van der Waals surface area contributed by atoms with Crippen LogP contribution in [-0.2, 0) is 0 Å². The third kappa shape index (κ3) is 2.67. The van der Waals surface area contributed by atoms with Gasteiger partial charge in [-0.05, 0) is 57.1 Å². The summed E-state index contributed by atoms with van der Waals surface area (Å²) >= 11 is 0. The van der Waals surface area contributed by atoms with Crippen LogP contribution in [0.4, 0.5) is 11.4 Å². The average molecular weight is 286 g/mol. The molecule has 21 heavy (non-hydrogen) atoms. The number of fused-ring (bicyclic) bond motifs is 1. The highest BCUT2D eigenvalue weighted by Crippen LogP contribution is 2.35. The largest absolute Gasteiger partial charge is 0.374 e. The summed E-state index contributed by atoms with van der Waals surface area (Å²) in [7, 11) is 0. The first-order chi connectivity index (χ1) is 10.1. The molecule has 110 valence electrons. The zero-order chi connectivity index (χ0) is 14.9. The van der Waals surface area contributed by atoms with Gasteiger partial charge in [-0.25, -0.2) is 0 Å². The molecule has 1 saturated heterocycles. The highest BCUT2D eigenvalue weighted by atomic mass is 16.6. The lowest BCUT2D eigenvalue weighted by atomic mass is 9.90. The predicted octanol–water partition coefficient (Wildman–Crippen LogP) is 2.70. The van der Waals surface area contributed by atoms with Crippen LogP contribution in [0, 0.1) is 10.1 Å². The molecule has 1 fully saturated rings. The van der Waals surface area contributed by atoms with E-state index in [1.807, 2.05) is 6.07 Å². The van der Waals surface area contributed by atoms with E-state index in [4.69, 9.17) is 0 Å². The van der Waals surface area contributed by atoms with Crippen LogP contribution in [-0.4, -0.2) is 28.5 Å². The summed E-state index contributed by atoms with van der Waals surface area (Å²) in [5, 5.41) is 18.8. The summed E-state index contributed by atoms with van der Waals surface area (Å²) in [6, 6.07) is 7.07. The Bertz CT molecular complexity index is 680. The van der Waals surface area contributed by atoms with Crippen LogP contribution in [0.15, 0.2) is 30.5 Å². The Labute approximate surface area is 122 Å². The van der Waals surface area contributed by atoms with Gasteiger partial charge in [0.15, 0.2) is 0 Å². The van der Waals surface area contributed by atoms with Crippen molar-refractivity contribution in [3.05, 3.63) is 40.6 Å². The van der Waals surface area contributed by atoms with Crippen LogP contribution in [0.3, 0.4) is 0 Å². The van der Waals surface area contributed by atoms with Crippen LogP contribution in [0.2, 0.25) is 0 Å². The third-order valence-electron chi connectivity index (χ3n) is 4.08. The number of hydrogen-bond donors (Lipinski definition) is 2. The number of nitrogens with one attached hydrogen (secondary N) is 2. The minimum absolute atomic E-state index is 0.111. The maximum atomic E-state index is 11.5. The number of hydrogen-bond acceptors (Lipinski definition) is 5. The number of aromatic nitrogens is 1. The van der Waals surface area contributed by atoms with Crippen molar-refractivity contribution in [1.29, 1.82) is 0 Å². The highest BCUT2D eigenvalue weighted by molar-refractivity contribution is 5.94. The van der Waals surface area contributed by atoms with Crippen LogP contribution in [0.25, 0.3) is 10.9 Å². The number of nitro benzene ring substituents is 1. The molecule has 1 aliphatic rings. The lowest BCUT2D eigenvalue weighted by molar-refractivity contribution is -0.382. The van der Waals surface area contributed by atoms with E-state index in [1.165, 1.54) is 0 Å². The van der Waals surface area contributed by atoms with Crippen molar-refractivity contribution in [2.24, 2.45) is 0 Å². The van der Waals surface area contributed by atoms with Crippen molar-refractivity contribution in [2.75, 3.05) is 18.4 Å². The van der Waals surface area contributed by atoms with Gasteiger partial charge in [-0.15, -0.1) is 0 Å². The molecule has 2 N–H and O–H groups in total. The predicted molar refractivity (Wildman–Crippen MR) is 82.5 cm³/mol. The monoisotopic (exact) mass is 286 g/mol. The molecule has 0 bridgehead atoms. The van der Waals surface area contributed by atoms with Crippen LogP contribution in [0.5, 0.6) is 0 Å². The molecular weight excluding hydrogens is 268 g/mol. The van der Waals surface area contributed by atoms with Crippen LogP contribution < -0.4 is 10.6 Å². The van der Waals surface area contributed by atoms with Gasteiger partial charge in [-0.3, -0.25) is 15.1 Å². The van der Waals surface area contributed by atoms with Crippen molar-refractivity contribution in [3.63, 3.8) is 0 Å². The van der Waals surface area contributed by atoms with Crippen molar-refractivity contribution in [3.8, 4) is 0 Å². The van der Waals surface area contributed by atoms with Crippen molar-refractivity contribution in [2.45, 2.75) is 25.3 Å². The highest BCUT2D eigenvalue weighted by Gasteiger charge is 2.29. The number of anilines is 1. The van der Waals surface area contributed by atoms with Crippen molar-refractivity contribution < 1.29 is 4.92 Å². The zero-order valence-electron chi connectivity index (χ0n) is 11.9. The summed E-state index contributed by atoms with van der Waals surface area (Å²) in [6.07, 6.45) is 3.53. The second kappa shape index (κ2) is 5.29. The lowest BCUT2D eigenvalue weighted by Gasteiger charge is -2.35. The van der Waals surface area contributed by atoms with E-state index in [0.29, 0.717) is 16.6 Å². The number of piperidine rings is 1. The van der Waals surface area contributed by atoms with E-state index in [2.05, 4.69) is 22.5 Å². The Morgan fingerprint density at radius 1 is 1.33 bits per heavy atom. The molecule has 2 heterocycles. The SMILES string of the molecule is CC1(Nc2ccc3ncccc3c2[N+](=O)[O-])CCNCC1. The Morgan fingerprint density at radius 2 is 2.10 bits per heavy atom. The standard InChI is InChI=1S/C15H18N4O2/c1-15(6-9-16-10-7-15)18-13-5-4-12-11(3-2-8-17-12)14(13)19(20)21/h2-5,8,16,18H,6-7,9-10H2,1H3. The maximum absolute atomic E-state index is 11.5. The molecule has 1 aromatic heterocycles. The summed E-state index contributed by atoms with van der Waals surface area (Å²) in [5.41, 5.74) is 1.21. The smallest absolute Gasteiger partial charge is 0.301 e. The fraction of sp³-hybridized carbons (Fsp3) is 0.400. The summed E-state index contributed by atoms with van der Waals surface area (Å²) in [5.74, 6) is 0. The van der Waals surface area contributed by atoms with Gasteiger partial charge >= 0.3 is 5.69 Å². The van der Waals surface area contributed by atoms with E-state index in [-0.39, 0.29) is 16.1 Å². The summed E-state index contributed by atoms with van der Waals surface area (Å²) in [6.45, 7) is 3.96. The minimum Gasteiger partial charge on any atom is -0.374 e. The molecule has 3 rings (SSSR count). The minimum atomic E-state index is -0.323. The van der Waals surface area contributed by atoms with E-state index >= 15 is 0 Å². The zero-order valence-corrected chi connectivity index (χ0v) is 11.9. The average Bonchev–Trinajstić information content (AvgIpc) is 2.47. The van der Waals surface area contributed by atoms with Gasteiger partial charge in [-0.1, -0.05) is 0 Å². The van der Waals surface area contributed by atoms with Gasteiger partial charge in [0, 0.05) is 11.7 Å². The van der Waals surface area contributed by atoms with Gasteiger partial charge in [0.2, 0.25) is 0 Å². The van der Waals surface area contributed by atoms with E-state index in [1.54, 1.807) is 24.4 Å². The lowest BCUT2D eigenvalue weighted by Crippen LogP contribution is -2.45. The van der Waals surface area contributed by atoms with Gasteiger partial charge in [0.05, 0.1) is 15.8 Å². The molecular formula is C15H18N4O2. The Balaban J connectivity index is 2.05. The molecule has 0 spiro atoms. The fourth-order valence-electron chi connectivity index (χ4n) is 2.86. The molecule has 0 saturated carbocycles. The second-order valence-corrected chi connectivity index (χ2v) is 5.72. The Hall–Kier alpha value is -2.21. The van der Waals surface area contributed by atoms with Crippen LogP contribution >= 0.6 is 0 Å². The van der Waals surface area contributed by atoms with Crippen molar-refractivity contribution in [1.82, 2.24) is 10.3 Å². The maximum Gasteiger partial charge on any atom is 0.301 e. The first-order valence-corrected chi connectivity index (χ1v) is 7.10. The van der Waals surface area contributed by atoms with E-state index in [9.17, 15) is 10.1 Å². The van der Waals surface area contributed by atoms with Gasteiger partial charge < -0.3 is 10.6 Å². The molecule has 0 atom stereocenters. The van der Waals surface area contributed by atoms with Gasteiger partial charge in [0.1, 0.15) is 5.69 Å². The Morgan fingerprint density at radius 3 is 2.81 bits per heavy atom. The van der Waals surface area contributed by atoms with E-state index < -0.39 is 0 Å². The topological polar surface area (TPSA) is 80.1 Å². The molecule has 0 amide bonds. The van der Waals surface area contributed by atoms with E-state index in [0.717, 1.165) is 25.9 Å². The number of rotatable bonds is 3. The molecule has 6 heteroatoms. The first-order valence-electron chi connectivity index (χ1n) is 7.10. The molecule has 0 radical (unpaired) electrons. The normalized spacial score (nSPS) is 17.6. The van der Waals surface area contributed by atoms with Gasteiger partial charge in [0.25, 0.3) is 0 Å². The molecule has 0 unspecified atom stereocenters. The quantitative estimate of drug-likeness (QED) is 0.670. The van der Waals surface area contributed by atoms with Crippen LogP contribution in [0.1, 0.15) is 19.8 Å². The molecule has 6 nitrogen and oxygen atoms in total. The van der Waals surface area contributed by atoms with Crippen molar-refractivity contribution >= 4 is 22.3 Å². The number of nitrogens with zero attached hydrogens (tertiary/aromatic N) is 2. The molecule has 0 aliphatic carbocycles. The molecule has 1 aromatic carbocycles. The third-order valence-corrected chi connectivity index (χ3v) is 4.08. The molecule has 1 aliphatic heterocycles. The fourth-order valence-corrected chi connectivity index (χ4v) is 2.86. The number of nitro groups is 1.